The Kier molecular flexibility index (Phi) is 9.25. The summed E-state index contributed by atoms with van der Waals surface area (Å²) in [5.74, 6) is -13.8. The van der Waals surface area contributed by atoms with Crippen molar-refractivity contribution < 1.29 is 62.5 Å². The van der Waals surface area contributed by atoms with Crippen molar-refractivity contribution in [1.82, 2.24) is 0 Å². The molecule has 2 saturated carbocycles. The Balaban J connectivity index is 1.37. The zero-order valence-electron chi connectivity index (χ0n) is 22.2. The van der Waals surface area contributed by atoms with E-state index in [2.05, 4.69) is 14.2 Å². The van der Waals surface area contributed by atoms with Gasteiger partial charge in [-0.1, -0.05) is 19.8 Å². The zero-order chi connectivity index (χ0) is 31.0. The summed E-state index contributed by atoms with van der Waals surface area (Å²) in [6.45, 7) is 1.90. The molecule has 0 radical (unpaired) electrons. The molecule has 0 unspecified atom stereocenters. The van der Waals surface area contributed by atoms with Gasteiger partial charge in [-0.3, -0.25) is 0 Å². The number of benzene rings is 2. The molecule has 14 heteroatoms. The molecule has 0 amide bonds. The number of ether oxygens (including phenoxy) is 3. The van der Waals surface area contributed by atoms with E-state index in [4.69, 9.17) is 0 Å². The lowest BCUT2D eigenvalue weighted by atomic mass is 9.82. The molecule has 2 aromatic carbocycles. The van der Waals surface area contributed by atoms with Crippen LogP contribution in [0, 0.1) is 46.8 Å². The van der Waals surface area contributed by atoms with Crippen molar-refractivity contribution in [1.29, 1.82) is 0 Å². The van der Waals surface area contributed by atoms with Crippen LogP contribution in [0.3, 0.4) is 0 Å². The molecule has 0 spiro atoms. The molecule has 2 aliphatic rings. The standard InChI is InChI=1S/C28H27F11O3/c1-14-2-4-15(5-3-14)26(34,35)41-18-10-20(29)24(21(30)11-18)28(38,39)40-17-8-6-16(7-9-17)27(36,37)42-19-12-22(31)25(33)23(32)13-19/h10-17H,2-9H2,1H3. The van der Waals surface area contributed by atoms with Gasteiger partial charge in [0.2, 0.25) is 0 Å². The van der Waals surface area contributed by atoms with Crippen LogP contribution in [-0.4, -0.2) is 18.3 Å². The minimum Gasteiger partial charge on any atom is -0.432 e. The molecule has 2 fully saturated rings. The van der Waals surface area contributed by atoms with E-state index < -0.39 is 108 Å². The van der Waals surface area contributed by atoms with E-state index in [1.165, 1.54) is 0 Å². The van der Waals surface area contributed by atoms with Gasteiger partial charge in [0.1, 0.15) is 28.7 Å². The molecule has 0 atom stereocenters. The van der Waals surface area contributed by atoms with Gasteiger partial charge < -0.3 is 14.2 Å². The van der Waals surface area contributed by atoms with Gasteiger partial charge in [-0.2, -0.15) is 26.3 Å². The third-order valence-corrected chi connectivity index (χ3v) is 7.73. The van der Waals surface area contributed by atoms with Crippen LogP contribution in [0.4, 0.5) is 48.3 Å². The van der Waals surface area contributed by atoms with Crippen molar-refractivity contribution in [3.8, 4) is 11.5 Å². The highest BCUT2D eigenvalue weighted by Crippen LogP contribution is 2.44. The summed E-state index contributed by atoms with van der Waals surface area (Å²) in [5, 5.41) is 0. The van der Waals surface area contributed by atoms with Crippen molar-refractivity contribution in [3.05, 3.63) is 58.9 Å². The van der Waals surface area contributed by atoms with E-state index in [1.54, 1.807) is 0 Å². The van der Waals surface area contributed by atoms with Gasteiger partial charge in [-0.25, -0.2) is 22.0 Å². The first-order valence-electron chi connectivity index (χ1n) is 13.3. The maximum atomic E-state index is 14.8. The van der Waals surface area contributed by atoms with Gasteiger partial charge in [0.15, 0.2) is 17.5 Å². The Morgan fingerprint density at radius 3 is 1.38 bits per heavy atom. The lowest BCUT2D eigenvalue weighted by Crippen LogP contribution is -2.39. The summed E-state index contributed by atoms with van der Waals surface area (Å²) in [6, 6.07) is 0.840. The molecule has 2 aliphatic carbocycles. The number of alkyl halides is 6. The van der Waals surface area contributed by atoms with E-state index in [-0.39, 0.29) is 43.0 Å². The second-order valence-electron chi connectivity index (χ2n) is 10.9. The topological polar surface area (TPSA) is 27.7 Å². The van der Waals surface area contributed by atoms with Gasteiger partial charge in [-0.05, 0) is 44.4 Å². The van der Waals surface area contributed by atoms with Gasteiger partial charge in [0.25, 0.3) is 0 Å². The molecule has 2 aromatic rings. The first-order chi connectivity index (χ1) is 19.5. The van der Waals surface area contributed by atoms with Crippen LogP contribution in [0.5, 0.6) is 11.5 Å². The smallest absolute Gasteiger partial charge is 0.400 e. The lowest BCUT2D eigenvalue weighted by molar-refractivity contribution is -0.287. The summed E-state index contributed by atoms with van der Waals surface area (Å²) in [6.07, 6.45) is -14.5. The summed E-state index contributed by atoms with van der Waals surface area (Å²) in [5.41, 5.74) is -1.86. The molecule has 0 saturated heterocycles. The fourth-order valence-corrected chi connectivity index (χ4v) is 5.34. The largest absolute Gasteiger partial charge is 0.432 e. The molecule has 3 nitrogen and oxygen atoms in total. The molecule has 234 valence electrons. The zero-order valence-corrected chi connectivity index (χ0v) is 22.2. The van der Waals surface area contributed by atoms with E-state index >= 15 is 0 Å². The van der Waals surface area contributed by atoms with Crippen LogP contribution < -0.4 is 9.47 Å². The first kappa shape index (κ1) is 32.2. The minimum atomic E-state index is -4.60. The van der Waals surface area contributed by atoms with Crippen LogP contribution in [0.25, 0.3) is 0 Å². The Bertz CT molecular complexity index is 1210. The quantitative estimate of drug-likeness (QED) is 0.207. The van der Waals surface area contributed by atoms with Crippen LogP contribution in [0.2, 0.25) is 0 Å². The minimum absolute atomic E-state index is 0.118. The summed E-state index contributed by atoms with van der Waals surface area (Å²) >= 11 is 0. The molecular formula is C28H27F11O3. The Hall–Kier alpha value is -2.77. The fourth-order valence-electron chi connectivity index (χ4n) is 5.34. The maximum Gasteiger partial charge on any atom is 0.400 e. The average Bonchev–Trinajstić information content (AvgIpc) is 2.86. The first-order valence-corrected chi connectivity index (χ1v) is 13.3. The van der Waals surface area contributed by atoms with Crippen LogP contribution in [-0.2, 0) is 10.8 Å². The molecule has 0 bridgehead atoms. The molecule has 0 N–H and O–H groups in total. The number of hydrogen-bond donors (Lipinski definition) is 0. The number of hydrogen-bond acceptors (Lipinski definition) is 3. The van der Waals surface area contributed by atoms with E-state index in [9.17, 15) is 48.3 Å². The Morgan fingerprint density at radius 2 is 0.952 bits per heavy atom. The Labute approximate surface area is 233 Å². The van der Waals surface area contributed by atoms with E-state index in [1.807, 2.05) is 6.92 Å². The predicted octanol–water partition coefficient (Wildman–Crippen LogP) is 9.48. The number of rotatable bonds is 9. The molecule has 0 heterocycles. The SMILES string of the molecule is CC1CCC(C(F)(F)Oc2cc(F)c(C(F)(F)OC3CCC(C(F)(F)Oc4cc(F)c(F)c(F)c4)CC3)c(F)c2)CC1. The van der Waals surface area contributed by atoms with Gasteiger partial charge in [-0.15, -0.1) is 0 Å². The van der Waals surface area contributed by atoms with Gasteiger partial charge in [0.05, 0.1) is 17.9 Å². The van der Waals surface area contributed by atoms with Gasteiger partial charge in [0, 0.05) is 24.3 Å². The van der Waals surface area contributed by atoms with Crippen molar-refractivity contribution in [2.24, 2.45) is 17.8 Å². The molecule has 0 aliphatic heterocycles. The molecular weight excluding hydrogens is 593 g/mol. The summed E-state index contributed by atoms with van der Waals surface area (Å²) in [7, 11) is 0. The average molecular weight is 620 g/mol. The van der Waals surface area contributed by atoms with Gasteiger partial charge >= 0.3 is 18.3 Å². The summed E-state index contributed by atoms with van der Waals surface area (Å²) < 4.78 is 170. The van der Waals surface area contributed by atoms with Crippen molar-refractivity contribution in [2.75, 3.05) is 0 Å². The number of halogens is 11. The fraction of sp³-hybridized carbons (Fsp3) is 0.571. The second kappa shape index (κ2) is 12.1. The van der Waals surface area contributed by atoms with E-state index in [0.29, 0.717) is 12.8 Å². The van der Waals surface area contributed by atoms with Crippen molar-refractivity contribution >= 4 is 0 Å². The van der Waals surface area contributed by atoms with Crippen LogP contribution in [0.1, 0.15) is 63.9 Å². The van der Waals surface area contributed by atoms with Crippen LogP contribution >= 0.6 is 0 Å². The third-order valence-electron chi connectivity index (χ3n) is 7.73. The summed E-state index contributed by atoms with van der Waals surface area (Å²) in [4.78, 5) is 0. The van der Waals surface area contributed by atoms with Crippen molar-refractivity contribution in [3.63, 3.8) is 0 Å². The maximum absolute atomic E-state index is 14.8. The van der Waals surface area contributed by atoms with Crippen molar-refractivity contribution in [2.45, 2.75) is 82.7 Å². The highest BCUT2D eigenvalue weighted by Gasteiger charge is 2.48. The normalized spacial score (nSPS) is 24.0. The molecule has 4 rings (SSSR count). The Morgan fingerprint density at radius 1 is 0.571 bits per heavy atom. The predicted molar refractivity (Wildman–Crippen MR) is 126 cm³/mol. The molecule has 0 aromatic heterocycles. The van der Waals surface area contributed by atoms with E-state index in [0.717, 1.165) is 0 Å². The lowest BCUT2D eigenvalue weighted by Gasteiger charge is -2.34. The third kappa shape index (κ3) is 7.23. The molecule has 42 heavy (non-hydrogen) atoms. The highest BCUT2D eigenvalue weighted by molar-refractivity contribution is 5.33. The highest BCUT2D eigenvalue weighted by atomic mass is 19.3. The second-order valence-corrected chi connectivity index (χ2v) is 10.9. The van der Waals surface area contributed by atoms with Crippen LogP contribution in [0.15, 0.2) is 24.3 Å². The monoisotopic (exact) mass is 620 g/mol.